The molecule has 1 fully saturated rings. The molecule has 0 bridgehead atoms. The third-order valence-corrected chi connectivity index (χ3v) is 4.24. The van der Waals surface area contributed by atoms with Crippen LogP contribution in [0.25, 0.3) is 0 Å². The summed E-state index contributed by atoms with van der Waals surface area (Å²) in [7, 11) is 0. The molecular formula is C18H28N2O2. The molecule has 0 saturated carbocycles. The number of morpholine rings is 1. The van der Waals surface area contributed by atoms with E-state index in [0.29, 0.717) is 6.54 Å². The van der Waals surface area contributed by atoms with Crippen molar-refractivity contribution in [2.75, 3.05) is 26.3 Å². The van der Waals surface area contributed by atoms with Crippen molar-refractivity contribution in [2.24, 2.45) is 5.92 Å². The van der Waals surface area contributed by atoms with Gasteiger partial charge in [-0.15, -0.1) is 0 Å². The molecule has 0 radical (unpaired) electrons. The zero-order valence-electron chi connectivity index (χ0n) is 13.8. The predicted molar refractivity (Wildman–Crippen MR) is 88.5 cm³/mol. The lowest BCUT2D eigenvalue weighted by molar-refractivity contribution is -0.124. The molecular weight excluding hydrogens is 276 g/mol. The van der Waals surface area contributed by atoms with E-state index < -0.39 is 0 Å². The van der Waals surface area contributed by atoms with E-state index in [9.17, 15) is 4.79 Å². The normalized spacial score (nSPS) is 17.2. The Morgan fingerprint density at radius 3 is 2.64 bits per heavy atom. The minimum Gasteiger partial charge on any atom is -0.379 e. The summed E-state index contributed by atoms with van der Waals surface area (Å²) in [6, 6.07) is 8.38. The first kappa shape index (κ1) is 17.0. The Labute approximate surface area is 133 Å². The van der Waals surface area contributed by atoms with Crippen LogP contribution in [0.2, 0.25) is 0 Å². The molecule has 1 saturated heterocycles. The minimum absolute atomic E-state index is 0.0939. The fraction of sp³-hybridized carbons (Fsp3) is 0.611. The number of rotatable bonds is 7. The Morgan fingerprint density at radius 2 is 1.95 bits per heavy atom. The average Bonchev–Trinajstić information content (AvgIpc) is 2.55. The van der Waals surface area contributed by atoms with Crippen LogP contribution in [-0.2, 0) is 22.6 Å². The van der Waals surface area contributed by atoms with Crippen molar-refractivity contribution < 1.29 is 9.53 Å². The quantitative estimate of drug-likeness (QED) is 0.842. The van der Waals surface area contributed by atoms with Gasteiger partial charge < -0.3 is 10.1 Å². The molecule has 1 aromatic carbocycles. The standard InChI is InChI=1S/C18H28N2O2/c1-3-6-15(2)18(21)19-13-16-7-4-5-8-17(16)14-20-9-11-22-12-10-20/h4-5,7-8,15H,3,6,9-14H2,1-2H3,(H,19,21). The lowest BCUT2D eigenvalue weighted by Crippen LogP contribution is -2.36. The van der Waals surface area contributed by atoms with Gasteiger partial charge >= 0.3 is 0 Å². The molecule has 1 N–H and O–H groups in total. The number of nitrogens with zero attached hydrogens (tertiary/aromatic N) is 1. The number of carbonyl (C=O) groups is 1. The Morgan fingerprint density at radius 1 is 1.27 bits per heavy atom. The average molecular weight is 304 g/mol. The number of carbonyl (C=O) groups excluding carboxylic acids is 1. The summed E-state index contributed by atoms with van der Waals surface area (Å²) in [5, 5.41) is 3.08. The fourth-order valence-electron chi connectivity index (χ4n) is 2.81. The van der Waals surface area contributed by atoms with E-state index in [0.717, 1.165) is 45.7 Å². The maximum absolute atomic E-state index is 12.1. The molecule has 1 aliphatic heterocycles. The lowest BCUT2D eigenvalue weighted by Gasteiger charge is -2.27. The second kappa shape index (κ2) is 8.91. The fourth-order valence-corrected chi connectivity index (χ4v) is 2.81. The smallest absolute Gasteiger partial charge is 0.223 e. The van der Waals surface area contributed by atoms with Gasteiger partial charge in [0.25, 0.3) is 0 Å². The van der Waals surface area contributed by atoms with Crippen molar-refractivity contribution in [1.82, 2.24) is 10.2 Å². The van der Waals surface area contributed by atoms with Gasteiger partial charge in [0.2, 0.25) is 5.91 Å². The molecule has 2 rings (SSSR count). The van der Waals surface area contributed by atoms with E-state index in [4.69, 9.17) is 4.74 Å². The minimum atomic E-state index is 0.0939. The van der Waals surface area contributed by atoms with Crippen molar-refractivity contribution >= 4 is 5.91 Å². The monoisotopic (exact) mass is 304 g/mol. The van der Waals surface area contributed by atoms with Gasteiger partial charge in [-0.2, -0.15) is 0 Å². The first-order valence-electron chi connectivity index (χ1n) is 8.35. The van der Waals surface area contributed by atoms with Crippen LogP contribution < -0.4 is 5.32 Å². The first-order chi connectivity index (χ1) is 10.7. The number of benzene rings is 1. The van der Waals surface area contributed by atoms with Crippen molar-refractivity contribution in [1.29, 1.82) is 0 Å². The molecule has 122 valence electrons. The van der Waals surface area contributed by atoms with Gasteiger partial charge in [-0.05, 0) is 17.5 Å². The van der Waals surface area contributed by atoms with Crippen molar-refractivity contribution in [3.63, 3.8) is 0 Å². The highest BCUT2D eigenvalue weighted by molar-refractivity contribution is 5.78. The molecule has 22 heavy (non-hydrogen) atoms. The zero-order chi connectivity index (χ0) is 15.8. The molecule has 4 heteroatoms. The summed E-state index contributed by atoms with van der Waals surface area (Å²) in [4.78, 5) is 14.5. The second-order valence-electron chi connectivity index (χ2n) is 6.06. The molecule has 1 unspecified atom stereocenters. The number of hydrogen-bond donors (Lipinski definition) is 1. The molecule has 4 nitrogen and oxygen atoms in total. The third kappa shape index (κ3) is 5.11. The van der Waals surface area contributed by atoms with Crippen LogP contribution in [0.15, 0.2) is 24.3 Å². The molecule has 1 aromatic rings. The van der Waals surface area contributed by atoms with Gasteiger partial charge in [0, 0.05) is 32.1 Å². The van der Waals surface area contributed by atoms with Crippen LogP contribution in [-0.4, -0.2) is 37.1 Å². The van der Waals surface area contributed by atoms with Crippen molar-refractivity contribution in [3.8, 4) is 0 Å². The van der Waals surface area contributed by atoms with Gasteiger partial charge in [-0.25, -0.2) is 0 Å². The number of nitrogens with one attached hydrogen (secondary N) is 1. The van der Waals surface area contributed by atoms with Crippen LogP contribution in [0.1, 0.15) is 37.8 Å². The highest BCUT2D eigenvalue weighted by atomic mass is 16.5. The largest absolute Gasteiger partial charge is 0.379 e. The highest BCUT2D eigenvalue weighted by Gasteiger charge is 2.14. The van der Waals surface area contributed by atoms with Crippen LogP contribution in [0.3, 0.4) is 0 Å². The van der Waals surface area contributed by atoms with E-state index in [1.807, 2.05) is 13.0 Å². The number of hydrogen-bond acceptors (Lipinski definition) is 3. The second-order valence-corrected chi connectivity index (χ2v) is 6.06. The van der Waals surface area contributed by atoms with Gasteiger partial charge in [0.1, 0.15) is 0 Å². The summed E-state index contributed by atoms with van der Waals surface area (Å²) in [5.74, 6) is 0.249. The Kier molecular flexibility index (Phi) is 6.87. The summed E-state index contributed by atoms with van der Waals surface area (Å²) in [6.45, 7) is 9.25. The van der Waals surface area contributed by atoms with Crippen LogP contribution in [0.4, 0.5) is 0 Å². The molecule has 0 spiro atoms. The molecule has 0 aliphatic carbocycles. The summed E-state index contributed by atoms with van der Waals surface area (Å²) in [6.07, 6.45) is 1.99. The van der Waals surface area contributed by atoms with E-state index in [2.05, 4.69) is 35.3 Å². The topological polar surface area (TPSA) is 41.6 Å². The number of amides is 1. The molecule has 1 aliphatic rings. The van der Waals surface area contributed by atoms with Crippen LogP contribution in [0.5, 0.6) is 0 Å². The van der Waals surface area contributed by atoms with Crippen LogP contribution in [0, 0.1) is 5.92 Å². The van der Waals surface area contributed by atoms with E-state index >= 15 is 0 Å². The lowest BCUT2D eigenvalue weighted by atomic mass is 10.0. The van der Waals surface area contributed by atoms with Gasteiger partial charge in [-0.1, -0.05) is 44.5 Å². The summed E-state index contributed by atoms with van der Waals surface area (Å²) >= 11 is 0. The number of ether oxygens (including phenoxy) is 1. The molecule has 0 aromatic heterocycles. The molecule has 1 amide bonds. The Hall–Kier alpha value is -1.39. The summed E-state index contributed by atoms with van der Waals surface area (Å²) in [5.41, 5.74) is 2.51. The predicted octanol–water partition coefficient (Wildman–Crippen LogP) is 2.57. The van der Waals surface area contributed by atoms with Crippen molar-refractivity contribution in [3.05, 3.63) is 35.4 Å². The van der Waals surface area contributed by atoms with Gasteiger partial charge in [-0.3, -0.25) is 9.69 Å². The maximum atomic E-state index is 12.1. The maximum Gasteiger partial charge on any atom is 0.223 e. The van der Waals surface area contributed by atoms with E-state index in [1.165, 1.54) is 11.1 Å². The molecule has 1 atom stereocenters. The van der Waals surface area contributed by atoms with Gasteiger partial charge in [0.15, 0.2) is 0 Å². The zero-order valence-corrected chi connectivity index (χ0v) is 13.8. The highest BCUT2D eigenvalue weighted by Crippen LogP contribution is 2.13. The van der Waals surface area contributed by atoms with Gasteiger partial charge in [0.05, 0.1) is 13.2 Å². The van der Waals surface area contributed by atoms with E-state index in [1.54, 1.807) is 0 Å². The summed E-state index contributed by atoms with van der Waals surface area (Å²) < 4.78 is 5.40. The first-order valence-corrected chi connectivity index (χ1v) is 8.35. The van der Waals surface area contributed by atoms with Crippen molar-refractivity contribution in [2.45, 2.75) is 39.8 Å². The Balaban J connectivity index is 1.91. The Bertz CT molecular complexity index is 470. The van der Waals surface area contributed by atoms with E-state index in [-0.39, 0.29) is 11.8 Å². The molecule has 1 heterocycles. The SMILES string of the molecule is CCCC(C)C(=O)NCc1ccccc1CN1CCOCC1. The van der Waals surface area contributed by atoms with Crippen LogP contribution >= 0.6 is 0 Å². The third-order valence-electron chi connectivity index (χ3n) is 4.24.